The van der Waals surface area contributed by atoms with E-state index in [-0.39, 0.29) is 0 Å². The Labute approximate surface area is 101 Å². The highest BCUT2D eigenvalue weighted by Crippen LogP contribution is 2.26. The summed E-state index contributed by atoms with van der Waals surface area (Å²) in [5, 5.41) is 0. The van der Waals surface area contributed by atoms with Crippen molar-refractivity contribution < 1.29 is 0 Å². The summed E-state index contributed by atoms with van der Waals surface area (Å²) in [4.78, 5) is 4.84. The van der Waals surface area contributed by atoms with E-state index in [0.29, 0.717) is 12.0 Å². The minimum atomic E-state index is 0.645. The topological polar surface area (TPSA) is 32.5 Å². The molecule has 0 aromatic heterocycles. The first-order chi connectivity index (χ1) is 7.54. The van der Waals surface area contributed by atoms with E-state index in [0.717, 1.165) is 12.5 Å². The highest BCUT2D eigenvalue weighted by atomic mass is 15.1. The second-order valence-corrected chi connectivity index (χ2v) is 5.75. The van der Waals surface area contributed by atoms with Crippen molar-refractivity contribution in [3.63, 3.8) is 0 Å². The van der Waals surface area contributed by atoms with E-state index in [1.165, 1.54) is 32.4 Å². The van der Waals surface area contributed by atoms with Crippen molar-refractivity contribution in [2.45, 2.75) is 32.2 Å². The molecule has 3 heteroatoms. The molecule has 2 N–H and O–H groups in total. The number of nitrogens with two attached hydrogens (primary N) is 1. The molecule has 2 unspecified atom stereocenters. The largest absolute Gasteiger partial charge is 0.330 e. The van der Waals surface area contributed by atoms with Crippen LogP contribution in [0.1, 0.15) is 26.2 Å². The normalized spacial score (nSPS) is 23.6. The first kappa shape index (κ1) is 13.9. The molecular weight excluding hydrogens is 198 g/mol. The van der Waals surface area contributed by atoms with E-state index in [9.17, 15) is 0 Å². The summed E-state index contributed by atoms with van der Waals surface area (Å²) in [6, 6.07) is 0.715. The van der Waals surface area contributed by atoms with Crippen molar-refractivity contribution in [1.29, 1.82) is 0 Å². The van der Waals surface area contributed by atoms with Gasteiger partial charge in [-0.15, -0.1) is 0 Å². The van der Waals surface area contributed by atoms with Crippen molar-refractivity contribution in [2.24, 2.45) is 17.6 Å². The highest BCUT2D eigenvalue weighted by molar-refractivity contribution is 4.82. The lowest BCUT2D eigenvalue weighted by molar-refractivity contribution is 0.115. The van der Waals surface area contributed by atoms with Gasteiger partial charge in [-0.3, -0.25) is 0 Å². The Kier molecular flexibility index (Phi) is 5.73. The maximum Gasteiger partial charge on any atom is 0.0121 e. The zero-order chi connectivity index (χ0) is 12.1. The maximum atomic E-state index is 5.75. The molecule has 3 nitrogen and oxygen atoms in total. The molecule has 96 valence electrons. The third kappa shape index (κ3) is 4.04. The van der Waals surface area contributed by atoms with Gasteiger partial charge in [0.15, 0.2) is 0 Å². The monoisotopic (exact) mass is 227 g/mol. The van der Waals surface area contributed by atoms with Crippen molar-refractivity contribution >= 4 is 0 Å². The summed E-state index contributed by atoms with van der Waals surface area (Å²) >= 11 is 0. The smallest absolute Gasteiger partial charge is 0.0121 e. The van der Waals surface area contributed by atoms with Gasteiger partial charge in [-0.1, -0.05) is 6.92 Å². The summed E-state index contributed by atoms with van der Waals surface area (Å²) in [6.07, 6.45) is 3.94. The molecule has 1 aliphatic heterocycles. The van der Waals surface area contributed by atoms with Crippen molar-refractivity contribution in [2.75, 3.05) is 40.8 Å². The Bertz CT molecular complexity index is 186. The molecule has 0 aliphatic carbocycles. The van der Waals surface area contributed by atoms with E-state index in [4.69, 9.17) is 5.73 Å². The van der Waals surface area contributed by atoms with E-state index in [1.54, 1.807) is 0 Å². The Morgan fingerprint density at radius 1 is 1.31 bits per heavy atom. The Morgan fingerprint density at radius 2 is 1.88 bits per heavy atom. The fourth-order valence-corrected chi connectivity index (χ4v) is 2.75. The van der Waals surface area contributed by atoms with Gasteiger partial charge in [0.25, 0.3) is 0 Å². The zero-order valence-electron chi connectivity index (χ0n) is 11.4. The molecule has 0 bridgehead atoms. The molecule has 16 heavy (non-hydrogen) atoms. The molecule has 0 spiro atoms. The lowest BCUT2D eigenvalue weighted by Crippen LogP contribution is -2.43. The average molecular weight is 227 g/mol. The van der Waals surface area contributed by atoms with Crippen LogP contribution in [-0.4, -0.2) is 56.6 Å². The predicted octanol–water partition coefficient (Wildman–Crippen LogP) is 1.24. The molecule has 2 atom stereocenters. The summed E-state index contributed by atoms with van der Waals surface area (Å²) in [5.41, 5.74) is 5.75. The average Bonchev–Trinajstić information content (AvgIpc) is 2.26. The van der Waals surface area contributed by atoms with Gasteiger partial charge in [0.1, 0.15) is 0 Å². The van der Waals surface area contributed by atoms with Crippen molar-refractivity contribution in [1.82, 2.24) is 9.80 Å². The zero-order valence-corrected chi connectivity index (χ0v) is 11.4. The number of hydrogen-bond donors (Lipinski definition) is 1. The Balaban J connectivity index is 2.49. The molecule has 0 radical (unpaired) electrons. The van der Waals surface area contributed by atoms with Gasteiger partial charge in [0, 0.05) is 6.04 Å². The van der Waals surface area contributed by atoms with Crippen LogP contribution in [0.4, 0.5) is 0 Å². The number of piperidine rings is 1. The molecule has 0 aromatic carbocycles. The van der Waals surface area contributed by atoms with Gasteiger partial charge in [0.05, 0.1) is 0 Å². The first-order valence-corrected chi connectivity index (χ1v) is 6.59. The van der Waals surface area contributed by atoms with Crippen LogP contribution in [0.25, 0.3) is 0 Å². The Hall–Kier alpha value is -0.120. The van der Waals surface area contributed by atoms with Gasteiger partial charge in [-0.2, -0.15) is 0 Å². The van der Waals surface area contributed by atoms with E-state index in [2.05, 4.69) is 37.9 Å². The molecule has 1 heterocycles. The van der Waals surface area contributed by atoms with E-state index >= 15 is 0 Å². The fraction of sp³-hybridized carbons (Fsp3) is 1.00. The predicted molar refractivity (Wildman–Crippen MR) is 70.5 cm³/mol. The first-order valence-electron chi connectivity index (χ1n) is 6.59. The van der Waals surface area contributed by atoms with E-state index in [1.807, 2.05) is 0 Å². The fourth-order valence-electron chi connectivity index (χ4n) is 2.75. The molecule has 1 fully saturated rings. The van der Waals surface area contributed by atoms with E-state index < -0.39 is 0 Å². The Morgan fingerprint density at radius 3 is 2.31 bits per heavy atom. The minimum Gasteiger partial charge on any atom is -0.330 e. The quantitative estimate of drug-likeness (QED) is 0.767. The molecule has 1 saturated heterocycles. The van der Waals surface area contributed by atoms with Gasteiger partial charge >= 0.3 is 0 Å². The van der Waals surface area contributed by atoms with Gasteiger partial charge in [-0.25, -0.2) is 0 Å². The second kappa shape index (κ2) is 6.58. The van der Waals surface area contributed by atoms with Crippen molar-refractivity contribution in [3.05, 3.63) is 0 Å². The molecule has 1 rings (SSSR count). The second-order valence-electron chi connectivity index (χ2n) is 5.75. The standard InChI is InChI=1S/C13H29N3/c1-11(10-14)9-13(15(2)3)12-5-7-16(4)8-6-12/h11-13H,5-10,14H2,1-4H3. The molecule has 0 amide bonds. The van der Waals surface area contributed by atoms with Crippen LogP contribution >= 0.6 is 0 Å². The summed E-state index contributed by atoms with van der Waals surface area (Å²) < 4.78 is 0. The van der Waals surface area contributed by atoms with Crippen LogP contribution in [0.15, 0.2) is 0 Å². The number of nitrogens with zero attached hydrogens (tertiary/aromatic N) is 2. The maximum absolute atomic E-state index is 5.75. The number of rotatable bonds is 5. The minimum absolute atomic E-state index is 0.645. The number of likely N-dealkylation sites (tertiary alicyclic amines) is 1. The molecule has 0 aromatic rings. The third-order valence-electron chi connectivity index (χ3n) is 4.02. The van der Waals surface area contributed by atoms with Crippen molar-refractivity contribution in [3.8, 4) is 0 Å². The van der Waals surface area contributed by atoms with Gasteiger partial charge < -0.3 is 15.5 Å². The third-order valence-corrected chi connectivity index (χ3v) is 4.02. The SMILES string of the molecule is CC(CN)CC(C1CCN(C)CC1)N(C)C. The molecular formula is C13H29N3. The van der Waals surface area contributed by atoms with Crippen LogP contribution in [0, 0.1) is 11.8 Å². The summed E-state index contributed by atoms with van der Waals surface area (Å²) in [5.74, 6) is 1.51. The lowest BCUT2D eigenvalue weighted by Gasteiger charge is -2.38. The van der Waals surface area contributed by atoms with Crippen LogP contribution in [0.2, 0.25) is 0 Å². The summed E-state index contributed by atoms with van der Waals surface area (Å²) in [7, 11) is 6.65. The number of hydrogen-bond acceptors (Lipinski definition) is 3. The van der Waals surface area contributed by atoms with Gasteiger partial charge in [-0.05, 0) is 71.9 Å². The molecule has 1 aliphatic rings. The highest BCUT2D eigenvalue weighted by Gasteiger charge is 2.27. The van der Waals surface area contributed by atoms with Crippen LogP contribution in [0.3, 0.4) is 0 Å². The van der Waals surface area contributed by atoms with Crippen LogP contribution < -0.4 is 5.73 Å². The molecule has 0 saturated carbocycles. The van der Waals surface area contributed by atoms with Gasteiger partial charge in [0.2, 0.25) is 0 Å². The van der Waals surface area contributed by atoms with Crippen LogP contribution in [0.5, 0.6) is 0 Å². The lowest BCUT2D eigenvalue weighted by atomic mass is 9.84. The summed E-state index contributed by atoms with van der Waals surface area (Å²) in [6.45, 7) is 5.60. The van der Waals surface area contributed by atoms with Crippen LogP contribution in [-0.2, 0) is 0 Å².